The van der Waals surface area contributed by atoms with Gasteiger partial charge in [0, 0.05) is 26.1 Å². The van der Waals surface area contributed by atoms with Crippen LogP contribution < -0.4 is 5.32 Å². The molecule has 4 nitrogen and oxygen atoms in total. The predicted octanol–water partition coefficient (Wildman–Crippen LogP) is 2.31. The van der Waals surface area contributed by atoms with Gasteiger partial charge in [0.15, 0.2) is 0 Å². The Balaban J connectivity index is 2.70. The van der Waals surface area contributed by atoms with Gasteiger partial charge in [-0.2, -0.15) is 22.5 Å². The summed E-state index contributed by atoms with van der Waals surface area (Å²) < 4.78 is 52.2. The van der Waals surface area contributed by atoms with Crippen molar-refractivity contribution in [3.05, 3.63) is 23.5 Å². The van der Waals surface area contributed by atoms with Crippen LogP contribution in [0.25, 0.3) is 0 Å². The topological polar surface area (TPSA) is 45.2 Å². The van der Waals surface area contributed by atoms with Gasteiger partial charge in [0.1, 0.15) is 5.69 Å². The van der Waals surface area contributed by atoms with Crippen molar-refractivity contribution in [3.8, 4) is 0 Å². The zero-order valence-electron chi connectivity index (χ0n) is 11.1. The largest absolute Gasteiger partial charge is 0.379 e. The van der Waals surface area contributed by atoms with E-state index in [9.17, 15) is 22.4 Å². The number of anilines is 1. The molecule has 1 amide bonds. The van der Waals surface area contributed by atoms with Gasteiger partial charge in [0.25, 0.3) is 11.9 Å². The fraction of sp³-hybridized carbons (Fsp3) is 0.500. The maximum absolute atomic E-state index is 13.3. The lowest BCUT2D eigenvalue weighted by Gasteiger charge is -2.18. The number of halogens is 4. The van der Waals surface area contributed by atoms with Gasteiger partial charge in [-0.15, -0.1) is 0 Å². The molecule has 0 bridgehead atoms. The fourth-order valence-electron chi connectivity index (χ4n) is 1.67. The van der Waals surface area contributed by atoms with Gasteiger partial charge >= 0.3 is 0 Å². The summed E-state index contributed by atoms with van der Waals surface area (Å²) in [4.78, 5) is 15.6. The Morgan fingerprint density at radius 2 is 1.60 bits per heavy atom. The lowest BCUT2D eigenvalue weighted by atomic mass is 10.3. The Labute approximate surface area is 113 Å². The summed E-state index contributed by atoms with van der Waals surface area (Å²) in [7, 11) is 0. The molecule has 1 heterocycles. The molecule has 0 unspecified atom stereocenters. The Hall–Kier alpha value is -1.86. The Morgan fingerprint density at radius 1 is 1.10 bits per heavy atom. The third kappa shape index (κ3) is 3.58. The second-order valence-corrected chi connectivity index (χ2v) is 3.94. The monoisotopic (exact) mass is 293 g/mol. The number of carbonyl (C=O) groups excluding carboxylic acids is 1. The molecule has 1 aromatic heterocycles. The third-order valence-electron chi connectivity index (χ3n) is 2.75. The average Bonchev–Trinajstić information content (AvgIpc) is 2.42. The third-order valence-corrected chi connectivity index (χ3v) is 2.75. The molecule has 0 aliphatic heterocycles. The lowest BCUT2D eigenvalue weighted by Crippen LogP contribution is -2.31. The predicted molar refractivity (Wildman–Crippen MR) is 65.1 cm³/mol. The van der Waals surface area contributed by atoms with Crippen LogP contribution >= 0.6 is 0 Å². The first-order valence-electron chi connectivity index (χ1n) is 6.13. The van der Waals surface area contributed by atoms with Crippen LogP contribution in [0.1, 0.15) is 20.3 Å². The van der Waals surface area contributed by atoms with E-state index in [0.717, 1.165) is 0 Å². The molecule has 0 aliphatic carbocycles. The number of hydrogen-bond acceptors (Lipinski definition) is 3. The van der Waals surface area contributed by atoms with Crippen LogP contribution in [0.2, 0.25) is 0 Å². The van der Waals surface area contributed by atoms with Crippen molar-refractivity contribution in [1.29, 1.82) is 0 Å². The summed E-state index contributed by atoms with van der Waals surface area (Å²) in [6, 6.07) is 0. The summed E-state index contributed by atoms with van der Waals surface area (Å²) in [6.07, 6.45) is -0.0495. The van der Waals surface area contributed by atoms with Crippen LogP contribution in [0.3, 0.4) is 0 Å². The maximum atomic E-state index is 13.3. The van der Waals surface area contributed by atoms with Crippen molar-refractivity contribution in [1.82, 2.24) is 9.88 Å². The van der Waals surface area contributed by atoms with E-state index in [1.807, 2.05) is 0 Å². The smallest absolute Gasteiger partial charge is 0.253 e. The van der Waals surface area contributed by atoms with Gasteiger partial charge in [-0.05, 0) is 13.8 Å². The quantitative estimate of drug-likeness (QED) is 0.646. The molecule has 1 aromatic rings. The number of rotatable bonds is 6. The average molecular weight is 293 g/mol. The number of aromatic nitrogens is 1. The SMILES string of the molecule is CCN(CC)C(=O)CCNc1c(F)c(F)nc(F)c1F. The van der Waals surface area contributed by atoms with E-state index in [-0.39, 0.29) is 18.9 Å². The van der Waals surface area contributed by atoms with Gasteiger partial charge in [-0.25, -0.2) is 0 Å². The summed E-state index contributed by atoms with van der Waals surface area (Å²) in [5, 5.41) is 2.18. The van der Waals surface area contributed by atoms with Crippen molar-refractivity contribution >= 4 is 11.6 Å². The van der Waals surface area contributed by atoms with Crippen LogP contribution in [0, 0.1) is 23.5 Å². The molecule has 20 heavy (non-hydrogen) atoms. The number of carbonyl (C=O) groups is 1. The van der Waals surface area contributed by atoms with Gasteiger partial charge in [-0.3, -0.25) is 4.79 Å². The second-order valence-electron chi connectivity index (χ2n) is 3.94. The van der Waals surface area contributed by atoms with E-state index < -0.39 is 29.2 Å². The molecule has 0 aromatic carbocycles. The van der Waals surface area contributed by atoms with E-state index >= 15 is 0 Å². The van der Waals surface area contributed by atoms with Crippen molar-refractivity contribution < 1.29 is 22.4 Å². The molecule has 0 spiro atoms. The van der Waals surface area contributed by atoms with Crippen LogP contribution in [-0.2, 0) is 4.79 Å². The molecule has 8 heteroatoms. The van der Waals surface area contributed by atoms with Crippen molar-refractivity contribution in [3.63, 3.8) is 0 Å². The minimum Gasteiger partial charge on any atom is -0.379 e. The highest BCUT2D eigenvalue weighted by Gasteiger charge is 2.20. The van der Waals surface area contributed by atoms with E-state index in [0.29, 0.717) is 13.1 Å². The highest BCUT2D eigenvalue weighted by atomic mass is 19.2. The minimum absolute atomic E-state index is 0.0495. The van der Waals surface area contributed by atoms with Crippen LogP contribution in [0.15, 0.2) is 0 Å². The second kappa shape index (κ2) is 7.06. The molecule has 1 N–H and O–H groups in total. The molecule has 0 fully saturated rings. The molecular weight excluding hydrogens is 278 g/mol. The summed E-state index contributed by atoms with van der Waals surface area (Å²) in [5.41, 5.74) is -0.956. The minimum atomic E-state index is -1.73. The van der Waals surface area contributed by atoms with Crippen LogP contribution in [-0.4, -0.2) is 35.4 Å². The van der Waals surface area contributed by atoms with E-state index in [2.05, 4.69) is 10.3 Å². The van der Waals surface area contributed by atoms with Crippen LogP contribution in [0.4, 0.5) is 23.2 Å². The summed E-state index contributed by atoms with van der Waals surface area (Å²) in [5.74, 6) is -6.92. The molecule has 0 saturated carbocycles. The molecular formula is C12H15F4N3O. The Bertz CT molecular complexity index is 466. The molecule has 0 radical (unpaired) electrons. The highest BCUT2D eigenvalue weighted by molar-refractivity contribution is 5.76. The van der Waals surface area contributed by atoms with Crippen molar-refractivity contribution in [2.24, 2.45) is 0 Å². The summed E-state index contributed by atoms with van der Waals surface area (Å²) >= 11 is 0. The van der Waals surface area contributed by atoms with E-state index in [4.69, 9.17) is 0 Å². The number of pyridine rings is 1. The first-order valence-corrected chi connectivity index (χ1v) is 6.13. The maximum Gasteiger partial charge on any atom is 0.253 e. The number of hydrogen-bond donors (Lipinski definition) is 1. The first kappa shape index (κ1) is 16.2. The van der Waals surface area contributed by atoms with Crippen LogP contribution in [0.5, 0.6) is 0 Å². The van der Waals surface area contributed by atoms with Crippen molar-refractivity contribution in [2.45, 2.75) is 20.3 Å². The van der Waals surface area contributed by atoms with E-state index in [1.54, 1.807) is 13.8 Å². The fourth-order valence-corrected chi connectivity index (χ4v) is 1.67. The number of nitrogens with one attached hydrogen (secondary N) is 1. The summed E-state index contributed by atoms with van der Waals surface area (Å²) in [6.45, 7) is 4.46. The Morgan fingerprint density at radius 3 is 2.05 bits per heavy atom. The van der Waals surface area contributed by atoms with Crippen molar-refractivity contribution in [2.75, 3.05) is 25.0 Å². The van der Waals surface area contributed by atoms with Gasteiger partial charge in [0.2, 0.25) is 17.5 Å². The zero-order chi connectivity index (χ0) is 15.3. The molecule has 0 atom stereocenters. The highest BCUT2D eigenvalue weighted by Crippen LogP contribution is 2.21. The first-order chi connectivity index (χ1) is 9.42. The molecule has 0 saturated heterocycles. The standard InChI is InChI=1S/C12H15F4N3O/c1-3-19(4-2)7(20)5-6-17-10-8(13)11(15)18-12(16)9(10)14/h3-6H2,1-2H3,(H,17,18). The van der Waals surface area contributed by atoms with Gasteiger partial charge < -0.3 is 10.2 Å². The number of nitrogens with zero attached hydrogens (tertiary/aromatic N) is 2. The lowest BCUT2D eigenvalue weighted by molar-refractivity contribution is -0.130. The van der Waals surface area contributed by atoms with Gasteiger partial charge in [0.05, 0.1) is 0 Å². The molecule has 112 valence electrons. The van der Waals surface area contributed by atoms with E-state index in [1.165, 1.54) is 4.90 Å². The normalized spacial score (nSPS) is 10.5. The zero-order valence-corrected chi connectivity index (χ0v) is 11.1. The molecule has 0 aliphatic rings. The Kier molecular flexibility index (Phi) is 5.72. The molecule has 1 rings (SSSR count). The number of amides is 1. The van der Waals surface area contributed by atoms with Gasteiger partial charge in [-0.1, -0.05) is 0 Å².